The Morgan fingerprint density at radius 3 is 2.66 bits per heavy atom. The Balaban J connectivity index is 1.62. The number of nitrogen functional groups attached to an aromatic ring is 1. The lowest BCUT2D eigenvalue weighted by Crippen LogP contribution is -2.28. The summed E-state index contributed by atoms with van der Waals surface area (Å²) in [6.45, 7) is 9.20. The third-order valence-corrected chi connectivity index (χ3v) is 6.40. The van der Waals surface area contributed by atoms with Gasteiger partial charge in [0.1, 0.15) is 5.69 Å². The highest BCUT2D eigenvalue weighted by Gasteiger charge is 2.22. The summed E-state index contributed by atoms with van der Waals surface area (Å²) in [4.78, 5) is 25.0. The Morgan fingerprint density at radius 1 is 1.11 bits per heavy atom. The van der Waals surface area contributed by atoms with Crippen molar-refractivity contribution in [1.29, 1.82) is 0 Å². The number of carbonyl (C=O) groups is 1. The van der Waals surface area contributed by atoms with Gasteiger partial charge in [-0.2, -0.15) is 5.10 Å². The molecule has 2 N–H and O–H groups in total. The average Bonchev–Trinajstić information content (AvgIpc) is 3.38. The van der Waals surface area contributed by atoms with E-state index in [1.54, 1.807) is 11.9 Å². The van der Waals surface area contributed by atoms with E-state index in [2.05, 4.69) is 10.3 Å². The third-order valence-electron chi connectivity index (χ3n) is 6.40. The predicted molar refractivity (Wildman–Crippen MR) is 135 cm³/mol. The number of nitrogens with two attached hydrogens (primary N) is 1. The van der Waals surface area contributed by atoms with Gasteiger partial charge >= 0.3 is 0 Å². The first kappa shape index (κ1) is 22.5. The number of carbonyl (C=O) groups excluding carboxylic acids is 1. The normalized spacial score (nSPS) is 11.5. The van der Waals surface area contributed by atoms with Gasteiger partial charge in [0, 0.05) is 42.3 Å². The van der Waals surface area contributed by atoms with Gasteiger partial charge in [0.15, 0.2) is 17.2 Å². The molecule has 9 nitrogen and oxygen atoms in total. The lowest BCUT2D eigenvalue weighted by molar-refractivity contribution is 0.0781. The molecule has 35 heavy (non-hydrogen) atoms. The molecule has 0 radical (unpaired) electrons. The Labute approximate surface area is 202 Å². The van der Waals surface area contributed by atoms with Crippen LogP contribution in [0.2, 0.25) is 0 Å². The molecule has 3 heterocycles. The van der Waals surface area contributed by atoms with E-state index in [-0.39, 0.29) is 5.91 Å². The van der Waals surface area contributed by atoms with Crippen LogP contribution >= 0.6 is 0 Å². The van der Waals surface area contributed by atoms with Crippen LogP contribution in [0, 0.1) is 20.8 Å². The number of aryl methyl sites for hydroxylation is 3. The van der Waals surface area contributed by atoms with Gasteiger partial charge in [0.25, 0.3) is 5.91 Å². The molecule has 0 saturated carbocycles. The van der Waals surface area contributed by atoms with Gasteiger partial charge in [-0.25, -0.2) is 9.97 Å². The van der Waals surface area contributed by atoms with Gasteiger partial charge in [0.05, 0.1) is 17.1 Å². The monoisotopic (exact) mass is 469 g/mol. The molecule has 2 aromatic carbocycles. The fraction of sp³-hybridized carbons (Fsp3) is 0.269. The highest BCUT2D eigenvalue weighted by molar-refractivity contribution is 6.05. The van der Waals surface area contributed by atoms with Gasteiger partial charge in [0.2, 0.25) is 0 Å². The summed E-state index contributed by atoms with van der Waals surface area (Å²) in [6.07, 6.45) is 1.82. The SMILES string of the molecule is CCn1ncc(CN(C)C(=O)c2nc(-c3cc4c(N)noc4cc3C)nc3ccc(C)cc23)c1C. The smallest absolute Gasteiger partial charge is 0.273 e. The minimum atomic E-state index is -0.184. The Hall–Kier alpha value is -4.27. The summed E-state index contributed by atoms with van der Waals surface area (Å²) >= 11 is 0. The second-order valence-corrected chi connectivity index (χ2v) is 8.88. The first-order valence-corrected chi connectivity index (χ1v) is 11.5. The second-order valence-electron chi connectivity index (χ2n) is 8.88. The zero-order valence-electron chi connectivity index (χ0n) is 20.5. The quantitative estimate of drug-likeness (QED) is 0.405. The molecule has 9 heteroatoms. The molecule has 5 rings (SSSR count). The topological polar surface area (TPSA) is 116 Å². The number of aromatic nitrogens is 5. The molecule has 3 aromatic heterocycles. The van der Waals surface area contributed by atoms with E-state index in [9.17, 15) is 4.79 Å². The number of nitrogens with zero attached hydrogens (tertiary/aromatic N) is 6. The van der Waals surface area contributed by atoms with E-state index >= 15 is 0 Å². The fourth-order valence-electron chi connectivity index (χ4n) is 4.34. The maximum atomic E-state index is 13.7. The van der Waals surface area contributed by atoms with Crippen LogP contribution < -0.4 is 5.73 Å². The van der Waals surface area contributed by atoms with Crippen molar-refractivity contribution in [2.75, 3.05) is 12.8 Å². The second kappa shape index (κ2) is 8.50. The standard InChI is InChI=1S/C26H27N7O2/c1-6-33-16(4)17(12-28-33)13-32(5)26(34)23-19-9-14(2)7-8-21(19)29-25(30-23)18-11-20-22(10-15(18)3)35-31-24(20)27/h7-12H,6,13H2,1-5H3,(H2,27,31). The molecule has 178 valence electrons. The Bertz CT molecular complexity index is 1600. The molecule has 0 atom stereocenters. The molecule has 0 spiro atoms. The van der Waals surface area contributed by atoms with Crippen molar-refractivity contribution in [3.05, 3.63) is 64.6 Å². The Morgan fingerprint density at radius 2 is 1.91 bits per heavy atom. The number of fused-ring (bicyclic) bond motifs is 2. The lowest BCUT2D eigenvalue weighted by Gasteiger charge is -2.18. The summed E-state index contributed by atoms with van der Waals surface area (Å²) in [6, 6.07) is 9.58. The summed E-state index contributed by atoms with van der Waals surface area (Å²) in [5.41, 5.74) is 12.4. The van der Waals surface area contributed by atoms with Crippen molar-refractivity contribution in [2.24, 2.45) is 0 Å². The number of hydrogen-bond donors (Lipinski definition) is 1. The first-order valence-electron chi connectivity index (χ1n) is 11.5. The van der Waals surface area contributed by atoms with Crippen molar-refractivity contribution >= 4 is 33.6 Å². The van der Waals surface area contributed by atoms with Crippen molar-refractivity contribution in [3.8, 4) is 11.4 Å². The molecule has 0 unspecified atom stereocenters. The molecule has 0 saturated heterocycles. The molecule has 0 aliphatic heterocycles. The zero-order chi connectivity index (χ0) is 24.9. The maximum absolute atomic E-state index is 13.7. The van der Waals surface area contributed by atoms with E-state index in [1.165, 1.54) is 0 Å². The van der Waals surface area contributed by atoms with Crippen LogP contribution in [-0.4, -0.2) is 42.8 Å². The average molecular weight is 470 g/mol. The number of hydrogen-bond acceptors (Lipinski definition) is 7. The molecule has 0 aliphatic rings. The van der Waals surface area contributed by atoms with Gasteiger partial charge < -0.3 is 15.2 Å². The third kappa shape index (κ3) is 3.88. The molecule has 5 aromatic rings. The van der Waals surface area contributed by atoms with Crippen LogP contribution in [0.3, 0.4) is 0 Å². The Kier molecular flexibility index (Phi) is 5.47. The molecule has 0 fully saturated rings. The summed E-state index contributed by atoms with van der Waals surface area (Å²) in [5, 5.41) is 9.66. The van der Waals surface area contributed by atoms with Crippen molar-refractivity contribution in [2.45, 2.75) is 40.8 Å². The van der Waals surface area contributed by atoms with E-state index in [0.29, 0.717) is 40.4 Å². The van der Waals surface area contributed by atoms with Crippen LogP contribution in [-0.2, 0) is 13.1 Å². The highest BCUT2D eigenvalue weighted by Crippen LogP contribution is 2.31. The number of benzene rings is 2. The largest absolute Gasteiger partial charge is 0.380 e. The van der Waals surface area contributed by atoms with Gasteiger partial charge in [-0.05, 0) is 57.5 Å². The van der Waals surface area contributed by atoms with E-state index in [4.69, 9.17) is 20.2 Å². The zero-order valence-corrected chi connectivity index (χ0v) is 20.5. The molecule has 0 bridgehead atoms. The minimum Gasteiger partial charge on any atom is -0.380 e. The number of amides is 1. The predicted octanol–water partition coefficient (Wildman–Crippen LogP) is 4.43. The fourth-order valence-corrected chi connectivity index (χ4v) is 4.34. The summed E-state index contributed by atoms with van der Waals surface area (Å²) in [5.74, 6) is 0.570. The highest BCUT2D eigenvalue weighted by atomic mass is 16.5. The molecule has 1 amide bonds. The first-order chi connectivity index (χ1) is 16.8. The van der Waals surface area contributed by atoms with E-state index < -0.39 is 0 Å². The van der Waals surface area contributed by atoms with Crippen LogP contribution in [0.4, 0.5) is 5.82 Å². The molecular weight excluding hydrogens is 442 g/mol. The van der Waals surface area contributed by atoms with Crippen LogP contribution in [0.15, 0.2) is 41.1 Å². The summed E-state index contributed by atoms with van der Waals surface area (Å²) < 4.78 is 7.21. The van der Waals surface area contributed by atoms with Gasteiger partial charge in [-0.3, -0.25) is 9.48 Å². The number of anilines is 1. The van der Waals surface area contributed by atoms with E-state index in [1.807, 2.05) is 68.9 Å². The van der Waals surface area contributed by atoms with Crippen molar-refractivity contribution in [1.82, 2.24) is 29.8 Å². The number of rotatable bonds is 5. The van der Waals surface area contributed by atoms with Crippen LogP contribution in [0.1, 0.15) is 39.8 Å². The van der Waals surface area contributed by atoms with Crippen molar-refractivity contribution in [3.63, 3.8) is 0 Å². The van der Waals surface area contributed by atoms with Crippen LogP contribution in [0.25, 0.3) is 33.3 Å². The maximum Gasteiger partial charge on any atom is 0.273 e. The van der Waals surface area contributed by atoms with Crippen molar-refractivity contribution < 1.29 is 9.32 Å². The molecule has 0 aliphatic carbocycles. The van der Waals surface area contributed by atoms with Gasteiger partial charge in [-0.1, -0.05) is 16.8 Å². The van der Waals surface area contributed by atoms with Gasteiger partial charge in [-0.15, -0.1) is 0 Å². The lowest BCUT2D eigenvalue weighted by atomic mass is 10.0. The minimum absolute atomic E-state index is 0.184. The summed E-state index contributed by atoms with van der Waals surface area (Å²) in [7, 11) is 1.78. The molecular formula is C26H27N7O2. The van der Waals surface area contributed by atoms with E-state index in [0.717, 1.165) is 39.9 Å². The van der Waals surface area contributed by atoms with Crippen LogP contribution in [0.5, 0.6) is 0 Å².